The SMILES string of the molecule is CCN(c1ccc(C2(C(=O)O)CCC2)cc1NC(=O)Nc1ccc(F)cc1F)C1CCOCC1. The zero-order valence-corrected chi connectivity index (χ0v) is 19.1. The molecule has 1 saturated carbocycles. The zero-order valence-electron chi connectivity index (χ0n) is 19.1. The third-order valence-electron chi connectivity index (χ3n) is 6.87. The highest BCUT2D eigenvalue weighted by molar-refractivity contribution is 6.02. The van der Waals surface area contributed by atoms with Crippen LogP contribution in [-0.2, 0) is 14.9 Å². The molecule has 0 aromatic heterocycles. The molecule has 1 aliphatic heterocycles. The van der Waals surface area contributed by atoms with E-state index >= 15 is 0 Å². The molecule has 0 unspecified atom stereocenters. The van der Waals surface area contributed by atoms with Gasteiger partial charge in [-0.25, -0.2) is 13.6 Å². The summed E-state index contributed by atoms with van der Waals surface area (Å²) in [5.74, 6) is -2.51. The van der Waals surface area contributed by atoms with Crippen molar-refractivity contribution in [3.05, 3.63) is 53.6 Å². The standard InChI is InChI=1S/C25H29F2N3O4/c1-2-30(18-8-12-34-13-9-18)22-7-4-16(25(23(31)32)10-3-11-25)14-21(22)29-24(33)28-20-6-5-17(26)15-19(20)27/h4-7,14-15,18H,2-3,8-13H2,1H3,(H,31,32)(H2,28,29,33). The highest BCUT2D eigenvalue weighted by Crippen LogP contribution is 2.46. The first-order chi connectivity index (χ1) is 16.3. The van der Waals surface area contributed by atoms with E-state index in [-0.39, 0.29) is 11.7 Å². The number of rotatable bonds is 7. The van der Waals surface area contributed by atoms with Gasteiger partial charge in [-0.2, -0.15) is 0 Å². The van der Waals surface area contributed by atoms with Crippen LogP contribution in [0, 0.1) is 11.6 Å². The van der Waals surface area contributed by atoms with Gasteiger partial charge in [-0.15, -0.1) is 0 Å². The monoisotopic (exact) mass is 473 g/mol. The average molecular weight is 474 g/mol. The number of amides is 2. The molecule has 0 bridgehead atoms. The predicted octanol–water partition coefficient (Wildman–Crippen LogP) is 5.12. The Bertz CT molecular complexity index is 1070. The summed E-state index contributed by atoms with van der Waals surface area (Å²) >= 11 is 0. The molecule has 9 heteroatoms. The number of nitrogens with zero attached hydrogens (tertiary/aromatic N) is 1. The van der Waals surface area contributed by atoms with Gasteiger partial charge in [0.05, 0.1) is 22.5 Å². The van der Waals surface area contributed by atoms with Gasteiger partial charge in [0.1, 0.15) is 11.6 Å². The van der Waals surface area contributed by atoms with Crippen molar-refractivity contribution in [2.24, 2.45) is 0 Å². The summed E-state index contributed by atoms with van der Waals surface area (Å²) in [5.41, 5.74) is 0.700. The quantitative estimate of drug-likeness (QED) is 0.519. The summed E-state index contributed by atoms with van der Waals surface area (Å²) in [6.45, 7) is 3.99. The molecule has 7 nitrogen and oxygen atoms in total. The Morgan fingerprint density at radius 3 is 2.38 bits per heavy atom. The topological polar surface area (TPSA) is 90.9 Å². The van der Waals surface area contributed by atoms with Crippen LogP contribution in [-0.4, -0.2) is 42.9 Å². The second-order valence-corrected chi connectivity index (χ2v) is 8.81. The van der Waals surface area contributed by atoms with Gasteiger partial charge in [0, 0.05) is 31.9 Å². The van der Waals surface area contributed by atoms with Crippen LogP contribution in [0.25, 0.3) is 0 Å². The maximum absolute atomic E-state index is 14.0. The van der Waals surface area contributed by atoms with Crippen molar-refractivity contribution in [1.82, 2.24) is 0 Å². The van der Waals surface area contributed by atoms with Gasteiger partial charge in [0.2, 0.25) is 0 Å². The molecule has 0 spiro atoms. The number of anilines is 3. The summed E-state index contributed by atoms with van der Waals surface area (Å²) in [6, 6.07) is 7.80. The summed E-state index contributed by atoms with van der Waals surface area (Å²) < 4.78 is 32.8. The second kappa shape index (κ2) is 9.97. The van der Waals surface area contributed by atoms with E-state index in [4.69, 9.17) is 4.74 Å². The zero-order chi connectivity index (χ0) is 24.3. The molecule has 2 aromatic rings. The molecule has 2 aliphatic rings. The lowest BCUT2D eigenvalue weighted by Gasteiger charge is -2.40. The third-order valence-corrected chi connectivity index (χ3v) is 6.87. The number of carbonyl (C=O) groups is 2. The predicted molar refractivity (Wildman–Crippen MR) is 125 cm³/mol. The minimum atomic E-state index is -0.968. The number of benzene rings is 2. The molecule has 4 rings (SSSR count). The number of hydrogen-bond donors (Lipinski definition) is 3. The van der Waals surface area contributed by atoms with E-state index in [1.807, 2.05) is 19.1 Å². The van der Waals surface area contributed by atoms with Crippen molar-refractivity contribution in [1.29, 1.82) is 0 Å². The smallest absolute Gasteiger partial charge is 0.323 e. The van der Waals surface area contributed by atoms with Crippen molar-refractivity contribution in [3.63, 3.8) is 0 Å². The lowest BCUT2D eigenvalue weighted by atomic mass is 9.64. The number of hydrogen-bond acceptors (Lipinski definition) is 4. The Hall–Kier alpha value is -3.20. The third kappa shape index (κ3) is 4.70. The molecule has 0 radical (unpaired) electrons. The van der Waals surface area contributed by atoms with Crippen LogP contribution in [0.1, 0.15) is 44.6 Å². The van der Waals surface area contributed by atoms with E-state index < -0.39 is 29.0 Å². The van der Waals surface area contributed by atoms with E-state index in [2.05, 4.69) is 15.5 Å². The van der Waals surface area contributed by atoms with Crippen LogP contribution >= 0.6 is 0 Å². The minimum Gasteiger partial charge on any atom is -0.481 e. The summed E-state index contributed by atoms with van der Waals surface area (Å²) in [4.78, 5) is 27.0. The first kappa shape index (κ1) is 23.9. The average Bonchev–Trinajstić information content (AvgIpc) is 2.77. The first-order valence-electron chi connectivity index (χ1n) is 11.6. The van der Waals surface area contributed by atoms with E-state index in [1.54, 1.807) is 6.07 Å². The Balaban J connectivity index is 1.67. The number of ether oxygens (including phenoxy) is 1. The molecule has 182 valence electrons. The van der Waals surface area contributed by atoms with Crippen LogP contribution in [0.4, 0.5) is 30.6 Å². The maximum atomic E-state index is 14.0. The van der Waals surface area contributed by atoms with Gasteiger partial charge in [-0.3, -0.25) is 4.79 Å². The second-order valence-electron chi connectivity index (χ2n) is 8.81. The molecule has 2 aromatic carbocycles. The van der Waals surface area contributed by atoms with Crippen LogP contribution in [0.3, 0.4) is 0 Å². The van der Waals surface area contributed by atoms with Gasteiger partial charge in [-0.1, -0.05) is 12.5 Å². The van der Waals surface area contributed by atoms with Crippen molar-refractivity contribution in [3.8, 4) is 0 Å². The Morgan fingerprint density at radius 2 is 1.79 bits per heavy atom. The van der Waals surface area contributed by atoms with Crippen LogP contribution < -0.4 is 15.5 Å². The van der Waals surface area contributed by atoms with E-state index in [0.29, 0.717) is 49.9 Å². The van der Waals surface area contributed by atoms with E-state index in [9.17, 15) is 23.5 Å². The minimum absolute atomic E-state index is 0.158. The molecule has 1 heterocycles. The molecule has 3 N–H and O–H groups in total. The van der Waals surface area contributed by atoms with Gasteiger partial charge in [0.15, 0.2) is 0 Å². The van der Waals surface area contributed by atoms with Gasteiger partial charge in [-0.05, 0) is 62.4 Å². The van der Waals surface area contributed by atoms with Crippen LogP contribution in [0.15, 0.2) is 36.4 Å². The Morgan fingerprint density at radius 1 is 1.09 bits per heavy atom. The lowest BCUT2D eigenvalue weighted by molar-refractivity contribution is -0.147. The number of urea groups is 1. The number of carboxylic acids is 1. The molecule has 34 heavy (non-hydrogen) atoms. The normalized spacial score (nSPS) is 17.5. The molecule has 2 fully saturated rings. The van der Waals surface area contributed by atoms with Crippen LogP contribution in [0.5, 0.6) is 0 Å². The largest absolute Gasteiger partial charge is 0.481 e. The first-order valence-corrected chi connectivity index (χ1v) is 11.6. The molecular formula is C25H29F2N3O4. The van der Waals surface area contributed by atoms with Gasteiger partial charge in [0.25, 0.3) is 0 Å². The summed E-state index contributed by atoms with van der Waals surface area (Å²) in [7, 11) is 0. The molecule has 1 saturated heterocycles. The number of carboxylic acid groups (broad SMARTS) is 1. The Kier molecular flexibility index (Phi) is 7.02. The maximum Gasteiger partial charge on any atom is 0.323 e. The molecule has 2 amide bonds. The van der Waals surface area contributed by atoms with Crippen molar-refractivity contribution >= 4 is 29.1 Å². The molecule has 1 aliphatic carbocycles. The number of aliphatic carboxylic acids is 1. The van der Waals surface area contributed by atoms with Gasteiger partial charge < -0.3 is 25.4 Å². The highest BCUT2D eigenvalue weighted by atomic mass is 19.1. The number of halogens is 2. The van der Waals surface area contributed by atoms with E-state index in [1.165, 1.54) is 0 Å². The van der Waals surface area contributed by atoms with Crippen LogP contribution in [0.2, 0.25) is 0 Å². The van der Waals surface area contributed by atoms with Gasteiger partial charge >= 0.3 is 12.0 Å². The summed E-state index contributed by atoms with van der Waals surface area (Å²) in [6.07, 6.45) is 3.56. The fraction of sp³-hybridized carbons (Fsp3) is 0.440. The Labute approximate surface area is 197 Å². The fourth-order valence-corrected chi connectivity index (χ4v) is 4.83. The number of nitrogens with one attached hydrogen (secondary N) is 2. The highest BCUT2D eigenvalue weighted by Gasteiger charge is 2.46. The van der Waals surface area contributed by atoms with E-state index in [0.717, 1.165) is 37.1 Å². The fourth-order valence-electron chi connectivity index (χ4n) is 4.83. The lowest BCUT2D eigenvalue weighted by Crippen LogP contribution is -2.43. The van der Waals surface area contributed by atoms with Crippen molar-refractivity contribution in [2.45, 2.75) is 50.5 Å². The molecular weight excluding hydrogens is 444 g/mol. The van der Waals surface area contributed by atoms with Crippen molar-refractivity contribution in [2.75, 3.05) is 35.3 Å². The molecule has 0 atom stereocenters. The number of carbonyl (C=O) groups excluding carboxylic acids is 1. The summed E-state index contributed by atoms with van der Waals surface area (Å²) in [5, 5.41) is 15.1. The van der Waals surface area contributed by atoms with Crippen molar-refractivity contribution < 1.29 is 28.2 Å².